The Balaban J connectivity index is 1.39. The summed E-state index contributed by atoms with van der Waals surface area (Å²) < 4.78 is 0. The summed E-state index contributed by atoms with van der Waals surface area (Å²) in [5.74, 6) is 0. The van der Waals surface area contributed by atoms with E-state index in [-0.39, 0.29) is 10.8 Å². The Labute approximate surface area is 424 Å². The van der Waals surface area contributed by atoms with E-state index in [1.54, 1.807) is 44.5 Å². The number of hydrogen-bond donors (Lipinski definition) is 0. The molecule has 0 aliphatic heterocycles. The zero-order valence-electron chi connectivity index (χ0n) is 45.9. The maximum atomic E-state index is 2.84. The van der Waals surface area contributed by atoms with Gasteiger partial charge in [-0.15, -0.1) is 0 Å². The van der Waals surface area contributed by atoms with E-state index in [1.807, 2.05) is 0 Å². The Bertz CT molecular complexity index is 1550. The fourth-order valence-corrected chi connectivity index (χ4v) is 13.4. The lowest BCUT2D eigenvalue weighted by atomic mass is 9.68. The summed E-state index contributed by atoms with van der Waals surface area (Å²) in [4.78, 5) is 0. The van der Waals surface area contributed by atoms with Crippen molar-refractivity contribution in [2.24, 2.45) is 0 Å². The molecule has 0 N–H and O–H groups in total. The van der Waals surface area contributed by atoms with E-state index >= 15 is 0 Å². The summed E-state index contributed by atoms with van der Waals surface area (Å²) in [5.41, 5.74) is 13.4. The Hall–Kier alpha value is -2.34. The lowest BCUT2D eigenvalue weighted by Crippen LogP contribution is -2.27. The van der Waals surface area contributed by atoms with Crippen molar-refractivity contribution in [3.05, 3.63) is 82.9 Å². The molecule has 0 radical (unpaired) electrons. The first-order valence-corrected chi connectivity index (χ1v) is 31.1. The van der Waals surface area contributed by atoms with Gasteiger partial charge in [-0.05, 0) is 82.3 Å². The maximum absolute atomic E-state index is 2.84. The van der Waals surface area contributed by atoms with Crippen molar-refractivity contribution in [1.29, 1.82) is 0 Å². The van der Waals surface area contributed by atoms with E-state index in [1.165, 1.54) is 283 Å². The van der Waals surface area contributed by atoms with E-state index < -0.39 is 0 Å². The van der Waals surface area contributed by atoms with Crippen LogP contribution in [-0.4, -0.2) is 0 Å². The normalized spacial score (nSPS) is 14.1. The molecular formula is C68H110. The van der Waals surface area contributed by atoms with Gasteiger partial charge in [0.2, 0.25) is 0 Å². The van der Waals surface area contributed by atoms with E-state index in [9.17, 15) is 0 Å². The van der Waals surface area contributed by atoms with Gasteiger partial charge in [-0.3, -0.25) is 0 Å². The van der Waals surface area contributed by atoms with Gasteiger partial charge in [0.25, 0.3) is 0 Å². The Morgan fingerprint density at radius 3 is 0.662 bits per heavy atom. The first-order valence-electron chi connectivity index (χ1n) is 31.1. The van der Waals surface area contributed by atoms with Crippen molar-refractivity contribution >= 4 is 0 Å². The van der Waals surface area contributed by atoms with Gasteiger partial charge in [-0.1, -0.05) is 333 Å². The molecule has 382 valence electrons. The van der Waals surface area contributed by atoms with Gasteiger partial charge in [0, 0.05) is 10.8 Å². The van der Waals surface area contributed by atoms with Gasteiger partial charge in [0.1, 0.15) is 0 Å². The van der Waals surface area contributed by atoms with Crippen LogP contribution in [-0.2, 0) is 10.8 Å². The molecule has 3 aromatic rings. The highest BCUT2D eigenvalue weighted by Gasteiger charge is 2.47. The third kappa shape index (κ3) is 17.5. The van der Waals surface area contributed by atoms with E-state index in [4.69, 9.17) is 0 Å². The predicted octanol–water partition coefficient (Wildman–Crippen LogP) is 23.5. The summed E-state index contributed by atoms with van der Waals surface area (Å²) in [7, 11) is 0. The molecule has 5 rings (SSSR count). The van der Waals surface area contributed by atoms with Gasteiger partial charge in [0.05, 0.1) is 0 Å². The second-order valence-corrected chi connectivity index (χ2v) is 22.9. The molecular weight excluding hydrogens is 817 g/mol. The number of benzene rings is 3. The van der Waals surface area contributed by atoms with Crippen molar-refractivity contribution < 1.29 is 0 Å². The highest BCUT2D eigenvalue weighted by Crippen LogP contribution is 2.61. The number of unbranched alkanes of at least 4 members (excludes halogenated alkanes) is 36. The molecule has 0 saturated heterocycles. The minimum Gasteiger partial charge on any atom is -0.0654 e. The van der Waals surface area contributed by atoms with Crippen LogP contribution in [0.3, 0.4) is 0 Å². The summed E-state index contributed by atoms with van der Waals surface area (Å²) in [6.45, 7) is 9.35. The molecule has 0 atom stereocenters. The lowest BCUT2D eigenvalue weighted by Gasteiger charge is -2.35. The summed E-state index contributed by atoms with van der Waals surface area (Å²) in [6.07, 6.45) is 61.7. The van der Waals surface area contributed by atoms with E-state index in [2.05, 4.69) is 88.4 Å². The van der Waals surface area contributed by atoms with Gasteiger partial charge >= 0.3 is 0 Å². The fraction of sp³-hybridized carbons (Fsp3) is 0.735. The zero-order chi connectivity index (χ0) is 47.8. The SMILES string of the molecule is CCCCCCCCCCCCC1(CCCCCCCCCCCC)c2ccccc2-c2cc3c(cc21)-c1ccccc1C3(CCCCCCCCCCCC)CCCCCCCCCCCC. The first-order chi connectivity index (χ1) is 33.7. The van der Waals surface area contributed by atoms with Crippen molar-refractivity contribution in [2.45, 2.75) is 321 Å². The van der Waals surface area contributed by atoms with Crippen LogP contribution in [0.4, 0.5) is 0 Å². The Morgan fingerprint density at radius 1 is 0.221 bits per heavy atom. The van der Waals surface area contributed by atoms with E-state index in [0.717, 1.165) is 0 Å². The number of rotatable bonds is 44. The molecule has 68 heavy (non-hydrogen) atoms. The van der Waals surface area contributed by atoms with Crippen molar-refractivity contribution in [2.75, 3.05) is 0 Å². The third-order valence-corrected chi connectivity index (χ3v) is 17.5. The molecule has 0 aromatic heterocycles. The average molecular weight is 928 g/mol. The minimum absolute atomic E-state index is 0.133. The number of fused-ring (bicyclic) bond motifs is 6. The van der Waals surface area contributed by atoms with Crippen LogP contribution in [0.2, 0.25) is 0 Å². The molecule has 0 unspecified atom stereocenters. The van der Waals surface area contributed by atoms with Crippen LogP contribution >= 0.6 is 0 Å². The molecule has 2 aliphatic carbocycles. The smallest absolute Gasteiger partial charge is 0.0215 e. The standard InChI is InChI=1S/C68H110/c1-5-9-13-17-21-25-29-33-37-45-53-67(54-46-38-34-30-26-22-18-14-10-6-2)63-51-43-41-49-59(63)61-58-66-62(57-65(61)67)60-50-42-44-52-64(60)68(66,55-47-39-35-31-27-23-19-15-11-7-3)56-48-40-36-32-28-24-20-16-12-8-4/h41-44,49-52,57-58H,5-40,45-48,53-56H2,1-4H3. The first kappa shape index (κ1) is 56.6. The molecule has 0 heterocycles. The van der Waals surface area contributed by atoms with Crippen molar-refractivity contribution in [3.8, 4) is 22.3 Å². The summed E-state index contributed by atoms with van der Waals surface area (Å²) >= 11 is 0. The highest BCUT2D eigenvalue weighted by molar-refractivity contribution is 5.90. The molecule has 2 aliphatic rings. The lowest BCUT2D eigenvalue weighted by molar-refractivity contribution is 0.393. The summed E-state index contributed by atoms with van der Waals surface area (Å²) in [6, 6.07) is 25.4. The molecule has 0 amide bonds. The Morgan fingerprint density at radius 2 is 0.426 bits per heavy atom. The zero-order valence-corrected chi connectivity index (χ0v) is 45.9. The molecule has 0 fully saturated rings. The molecule has 0 saturated carbocycles. The van der Waals surface area contributed by atoms with Crippen LogP contribution in [0.25, 0.3) is 22.3 Å². The number of hydrogen-bond acceptors (Lipinski definition) is 0. The van der Waals surface area contributed by atoms with Crippen LogP contribution in [0.1, 0.15) is 332 Å². The van der Waals surface area contributed by atoms with Crippen LogP contribution in [0, 0.1) is 0 Å². The van der Waals surface area contributed by atoms with Crippen LogP contribution in [0.15, 0.2) is 60.7 Å². The second kappa shape index (κ2) is 34.1. The predicted molar refractivity (Wildman–Crippen MR) is 305 cm³/mol. The molecule has 0 nitrogen and oxygen atoms in total. The fourth-order valence-electron chi connectivity index (χ4n) is 13.4. The van der Waals surface area contributed by atoms with Crippen LogP contribution in [0.5, 0.6) is 0 Å². The second-order valence-electron chi connectivity index (χ2n) is 22.9. The molecule has 0 bridgehead atoms. The molecule has 0 heteroatoms. The largest absolute Gasteiger partial charge is 0.0654 e. The van der Waals surface area contributed by atoms with Gasteiger partial charge in [0.15, 0.2) is 0 Å². The average Bonchev–Trinajstić information content (AvgIpc) is 3.79. The molecule has 3 aromatic carbocycles. The van der Waals surface area contributed by atoms with E-state index in [0.29, 0.717) is 0 Å². The topological polar surface area (TPSA) is 0 Å². The van der Waals surface area contributed by atoms with Gasteiger partial charge < -0.3 is 0 Å². The highest BCUT2D eigenvalue weighted by atomic mass is 14.5. The van der Waals surface area contributed by atoms with Crippen LogP contribution < -0.4 is 0 Å². The van der Waals surface area contributed by atoms with Gasteiger partial charge in [-0.25, -0.2) is 0 Å². The third-order valence-electron chi connectivity index (χ3n) is 17.5. The monoisotopic (exact) mass is 927 g/mol. The maximum Gasteiger partial charge on any atom is 0.0215 e. The minimum atomic E-state index is 0.133. The summed E-state index contributed by atoms with van der Waals surface area (Å²) in [5, 5.41) is 0. The quantitative estimate of drug-likeness (QED) is 0.0496. The van der Waals surface area contributed by atoms with Crippen molar-refractivity contribution in [3.63, 3.8) is 0 Å². The Kier molecular flexibility index (Phi) is 28.4. The van der Waals surface area contributed by atoms with Gasteiger partial charge in [-0.2, -0.15) is 0 Å². The molecule has 0 spiro atoms. The van der Waals surface area contributed by atoms with Crippen molar-refractivity contribution in [1.82, 2.24) is 0 Å².